The summed E-state index contributed by atoms with van der Waals surface area (Å²) in [7, 11) is 0. The van der Waals surface area contributed by atoms with Crippen molar-refractivity contribution in [3.8, 4) is 11.5 Å². The first kappa shape index (κ1) is 15.0. The normalized spacial score (nSPS) is 11.2. The second-order valence-electron chi connectivity index (χ2n) is 5.67. The van der Waals surface area contributed by atoms with Gasteiger partial charge in [0.2, 0.25) is 5.16 Å². The Morgan fingerprint density at radius 2 is 2.00 bits per heavy atom. The summed E-state index contributed by atoms with van der Waals surface area (Å²) in [5.41, 5.74) is 5.35. The van der Waals surface area contributed by atoms with Crippen LogP contribution in [-0.2, 0) is 5.75 Å². The van der Waals surface area contributed by atoms with Crippen molar-refractivity contribution < 1.29 is 4.42 Å². The van der Waals surface area contributed by atoms with E-state index in [1.54, 1.807) is 22.5 Å². The van der Waals surface area contributed by atoms with E-state index in [1.807, 2.05) is 24.3 Å². The molecule has 0 spiro atoms. The molecule has 0 saturated carbocycles. The number of thioether (sulfide) groups is 1. The standard InChI is InChI=1S/C18H16N4OS/c1-12-5-6-13(2)14(10-12)11-24-18-20-19-17-8-7-15(21-22(17)18)16-4-3-9-23-16/h3-10H,11H2,1-2H3. The van der Waals surface area contributed by atoms with E-state index >= 15 is 0 Å². The fourth-order valence-corrected chi connectivity index (χ4v) is 3.46. The van der Waals surface area contributed by atoms with Crippen LogP contribution in [-0.4, -0.2) is 19.8 Å². The van der Waals surface area contributed by atoms with E-state index in [-0.39, 0.29) is 0 Å². The molecular weight excluding hydrogens is 320 g/mol. The Kier molecular flexibility index (Phi) is 3.82. The zero-order valence-corrected chi connectivity index (χ0v) is 14.2. The molecule has 4 rings (SSSR count). The van der Waals surface area contributed by atoms with Crippen molar-refractivity contribution in [3.63, 3.8) is 0 Å². The van der Waals surface area contributed by atoms with Crippen LogP contribution < -0.4 is 0 Å². The van der Waals surface area contributed by atoms with Gasteiger partial charge in [-0.25, -0.2) is 0 Å². The van der Waals surface area contributed by atoms with Gasteiger partial charge in [0.25, 0.3) is 0 Å². The number of hydrogen-bond acceptors (Lipinski definition) is 5. The lowest BCUT2D eigenvalue weighted by atomic mass is 10.1. The van der Waals surface area contributed by atoms with Crippen molar-refractivity contribution >= 4 is 17.4 Å². The highest BCUT2D eigenvalue weighted by molar-refractivity contribution is 7.98. The smallest absolute Gasteiger partial charge is 0.212 e. The van der Waals surface area contributed by atoms with Crippen LogP contribution in [0.25, 0.3) is 17.1 Å². The van der Waals surface area contributed by atoms with E-state index in [4.69, 9.17) is 4.42 Å². The number of hydrogen-bond donors (Lipinski definition) is 0. The molecule has 5 nitrogen and oxygen atoms in total. The lowest BCUT2D eigenvalue weighted by molar-refractivity contribution is 0.577. The van der Waals surface area contributed by atoms with Gasteiger partial charge in [-0.1, -0.05) is 35.5 Å². The molecule has 0 unspecified atom stereocenters. The molecule has 0 amide bonds. The van der Waals surface area contributed by atoms with Gasteiger partial charge in [-0.15, -0.1) is 10.2 Å². The number of nitrogens with zero attached hydrogens (tertiary/aromatic N) is 4. The predicted octanol–water partition coefficient (Wildman–Crippen LogP) is 4.29. The highest BCUT2D eigenvalue weighted by Gasteiger charge is 2.11. The fourth-order valence-electron chi connectivity index (χ4n) is 2.51. The number of benzene rings is 1. The molecule has 24 heavy (non-hydrogen) atoms. The Morgan fingerprint density at radius 3 is 2.83 bits per heavy atom. The Hall–Kier alpha value is -2.60. The van der Waals surface area contributed by atoms with Crippen molar-refractivity contribution in [2.24, 2.45) is 0 Å². The van der Waals surface area contributed by atoms with Crippen LogP contribution in [0.5, 0.6) is 0 Å². The maximum absolute atomic E-state index is 5.42. The summed E-state index contributed by atoms with van der Waals surface area (Å²) in [6.07, 6.45) is 1.64. The van der Waals surface area contributed by atoms with Crippen LogP contribution >= 0.6 is 11.8 Å². The van der Waals surface area contributed by atoms with E-state index < -0.39 is 0 Å². The van der Waals surface area contributed by atoms with Gasteiger partial charge in [0.15, 0.2) is 11.4 Å². The van der Waals surface area contributed by atoms with Crippen LogP contribution in [0, 0.1) is 13.8 Å². The molecule has 0 fully saturated rings. The molecule has 0 aliphatic carbocycles. The monoisotopic (exact) mass is 336 g/mol. The molecule has 3 heterocycles. The average molecular weight is 336 g/mol. The van der Waals surface area contributed by atoms with Crippen LogP contribution in [0.3, 0.4) is 0 Å². The van der Waals surface area contributed by atoms with E-state index in [0.29, 0.717) is 0 Å². The molecule has 0 aliphatic heterocycles. The second-order valence-corrected chi connectivity index (χ2v) is 6.61. The summed E-state index contributed by atoms with van der Waals surface area (Å²) < 4.78 is 7.19. The molecule has 4 aromatic rings. The Labute approximate surface area is 143 Å². The highest BCUT2D eigenvalue weighted by Crippen LogP contribution is 2.25. The Morgan fingerprint density at radius 1 is 1.08 bits per heavy atom. The van der Waals surface area contributed by atoms with Gasteiger partial charge in [-0.3, -0.25) is 0 Å². The lowest BCUT2D eigenvalue weighted by Crippen LogP contribution is -1.96. The van der Waals surface area contributed by atoms with E-state index in [9.17, 15) is 0 Å². The summed E-state index contributed by atoms with van der Waals surface area (Å²) in [5, 5.41) is 13.8. The van der Waals surface area contributed by atoms with Gasteiger partial charge in [0, 0.05) is 5.75 Å². The van der Waals surface area contributed by atoms with Gasteiger partial charge >= 0.3 is 0 Å². The lowest BCUT2D eigenvalue weighted by Gasteiger charge is -2.06. The molecule has 1 aromatic carbocycles. The van der Waals surface area contributed by atoms with Crippen LogP contribution in [0.2, 0.25) is 0 Å². The maximum Gasteiger partial charge on any atom is 0.212 e. The molecule has 0 N–H and O–H groups in total. The van der Waals surface area contributed by atoms with Gasteiger partial charge in [-0.05, 0) is 49.2 Å². The quantitative estimate of drug-likeness (QED) is 0.520. The van der Waals surface area contributed by atoms with Crippen LogP contribution in [0.4, 0.5) is 0 Å². The van der Waals surface area contributed by atoms with Gasteiger partial charge in [0.1, 0.15) is 5.69 Å². The van der Waals surface area contributed by atoms with E-state index in [1.165, 1.54) is 16.7 Å². The topological polar surface area (TPSA) is 56.2 Å². The minimum Gasteiger partial charge on any atom is -0.463 e. The molecule has 3 aromatic heterocycles. The van der Waals surface area contributed by atoms with Crippen LogP contribution in [0.15, 0.2) is 58.3 Å². The van der Waals surface area contributed by atoms with Crippen molar-refractivity contribution in [3.05, 3.63) is 65.4 Å². The molecule has 6 heteroatoms. The third-order valence-electron chi connectivity index (χ3n) is 3.87. The number of aromatic nitrogens is 4. The first-order valence-corrected chi connectivity index (χ1v) is 8.64. The van der Waals surface area contributed by atoms with Gasteiger partial charge < -0.3 is 4.42 Å². The zero-order chi connectivity index (χ0) is 16.5. The minimum atomic E-state index is 0.730. The average Bonchev–Trinajstić information content (AvgIpc) is 3.25. The third kappa shape index (κ3) is 2.80. The van der Waals surface area contributed by atoms with Gasteiger partial charge in [-0.2, -0.15) is 9.61 Å². The summed E-state index contributed by atoms with van der Waals surface area (Å²) in [6.45, 7) is 4.24. The summed E-state index contributed by atoms with van der Waals surface area (Å²) in [6, 6.07) is 14.0. The first-order chi connectivity index (χ1) is 11.7. The first-order valence-electron chi connectivity index (χ1n) is 7.66. The molecule has 0 saturated heterocycles. The van der Waals surface area contributed by atoms with Crippen molar-refractivity contribution in [1.29, 1.82) is 0 Å². The van der Waals surface area contributed by atoms with Gasteiger partial charge in [0.05, 0.1) is 6.26 Å². The zero-order valence-electron chi connectivity index (χ0n) is 13.4. The van der Waals surface area contributed by atoms with Crippen molar-refractivity contribution in [1.82, 2.24) is 19.8 Å². The van der Waals surface area contributed by atoms with Crippen molar-refractivity contribution in [2.75, 3.05) is 0 Å². The molecular formula is C18H16N4OS. The second kappa shape index (κ2) is 6.13. The number of aryl methyl sites for hydroxylation is 2. The summed E-state index contributed by atoms with van der Waals surface area (Å²) in [5.74, 6) is 1.57. The van der Waals surface area contributed by atoms with E-state index in [0.717, 1.165) is 28.0 Å². The molecule has 0 atom stereocenters. The maximum atomic E-state index is 5.42. The number of furan rings is 1. The number of fused-ring (bicyclic) bond motifs is 1. The van der Waals surface area contributed by atoms with Crippen molar-refractivity contribution in [2.45, 2.75) is 24.8 Å². The van der Waals surface area contributed by atoms with Crippen LogP contribution in [0.1, 0.15) is 16.7 Å². The fraction of sp³-hybridized carbons (Fsp3) is 0.167. The summed E-state index contributed by atoms with van der Waals surface area (Å²) in [4.78, 5) is 0. The Balaban J connectivity index is 1.64. The molecule has 0 bridgehead atoms. The predicted molar refractivity (Wildman–Crippen MR) is 94.0 cm³/mol. The minimum absolute atomic E-state index is 0.730. The molecule has 120 valence electrons. The molecule has 0 radical (unpaired) electrons. The Bertz CT molecular complexity index is 992. The number of rotatable bonds is 4. The highest BCUT2D eigenvalue weighted by atomic mass is 32.2. The molecule has 0 aliphatic rings. The SMILES string of the molecule is Cc1ccc(C)c(CSc2nnc3ccc(-c4ccco4)nn23)c1. The third-order valence-corrected chi connectivity index (χ3v) is 4.84. The summed E-state index contributed by atoms with van der Waals surface area (Å²) >= 11 is 1.63. The largest absolute Gasteiger partial charge is 0.463 e. The van der Waals surface area contributed by atoms with E-state index in [2.05, 4.69) is 47.3 Å².